The molecule has 0 aliphatic heterocycles. The van der Waals surface area contributed by atoms with Crippen LogP contribution in [-0.4, -0.2) is 35.0 Å². The molecule has 6 nitrogen and oxygen atoms in total. The van der Waals surface area contributed by atoms with Crippen LogP contribution in [0.2, 0.25) is 0 Å². The van der Waals surface area contributed by atoms with E-state index in [1.54, 1.807) is 0 Å². The van der Waals surface area contributed by atoms with E-state index in [9.17, 15) is 23.7 Å². The second-order valence-electron chi connectivity index (χ2n) is 5.99. The Labute approximate surface area is 166 Å². The quantitative estimate of drug-likeness (QED) is 0.396. The lowest BCUT2D eigenvalue weighted by atomic mass is 10.2. The van der Waals surface area contributed by atoms with Gasteiger partial charge in [0.1, 0.15) is 11.6 Å². The number of hydrogen-bond acceptors (Lipinski definition) is 5. The Bertz CT molecular complexity index is 875. The van der Waals surface area contributed by atoms with Crippen molar-refractivity contribution < 1.29 is 18.5 Å². The number of nitrogens with zero attached hydrogens (tertiary/aromatic N) is 2. The molecule has 0 aliphatic carbocycles. The highest BCUT2D eigenvalue weighted by atomic mass is 32.2. The maximum absolute atomic E-state index is 14.0. The van der Waals surface area contributed by atoms with Gasteiger partial charge in [0.25, 0.3) is 11.6 Å². The molecule has 0 aliphatic rings. The maximum atomic E-state index is 14.0. The minimum Gasteiger partial charge on any atom is -0.337 e. The Morgan fingerprint density at radius 1 is 1.18 bits per heavy atom. The molecule has 1 atom stereocenters. The molecule has 2 rings (SSSR count). The molecule has 9 heteroatoms. The van der Waals surface area contributed by atoms with Crippen molar-refractivity contribution in [1.29, 1.82) is 0 Å². The number of nitrogens with one attached hydrogen (secondary N) is 1. The third-order valence-electron chi connectivity index (χ3n) is 4.23. The Morgan fingerprint density at radius 2 is 1.86 bits per heavy atom. The zero-order valence-electron chi connectivity index (χ0n) is 15.7. The molecule has 150 valence electrons. The molecular formula is C19H21F2N3O3S. The van der Waals surface area contributed by atoms with Crippen molar-refractivity contribution in [2.24, 2.45) is 0 Å². The number of nitro benzene ring substituents is 1. The van der Waals surface area contributed by atoms with Crippen molar-refractivity contribution in [3.63, 3.8) is 0 Å². The maximum Gasteiger partial charge on any atom is 0.283 e. The van der Waals surface area contributed by atoms with Crippen molar-refractivity contribution in [2.75, 3.05) is 13.1 Å². The van der Waals surface area contributed by atoms with Crippen LogP contribution in [-0.2, 0) is 0 Å². The van der Waals surface area contributed by atoms with E-state index in [2.05, 4.69) is 5.32 Å². The number of carbonyl (C=O) groups is 1. The second-order valence-corrected chi connectivity index (χ2v) is 7.07. The van der Waals surface area contributed by atoms with Crippen LogP contribution in [0.1, 0.15) is 31.1 Å². The minimum atomic E-state index is -0.829. The molecule has 1 N–H and O–H groups in total. The van der Waals surface area contributed by atoms with E-state index < -0.39 is 22.5 Å². The summed E-state index contributed by atoms with van der Waals surface area (Å²) in [4.78, 5) is 25.4. The van der Waals surface area contributed by atoms with Gasteiger partial charge in [-0.25, -0.2) is 8.78 Å². The van der Waals surface area contributed by atoms with Gasteiger partial charge in [-0.1, -0.05) is 25.6 Å². The zero-order valence-corrected chi connectivity index (χ0v) is 16.6. The average molecular weight is 409 g/mol. The average Bonchev–Trinajstić information content (AvgIpc) is 2.64. The molecule has 1 amide bonds. The lowest BCUT2D eigenvalue weighted by molar-refractivity contribution is -0.387. The van der Waals surface area contributed by atoms with Gasteiger partial charge in [0.05, 0.1) is 16.0 Å². The van der Waals surface area contributed by atoms with Gasteiger partial charge in [-0.3, -0.25) is 19.8 Å². The Kier molecular flexibility index (Phi) is 7.47. The Balaban J connectivity index is 2.32. The van der Waals surface area contributed by atoms with E-state index >= 15 is 0 Å². The summed E-state index contributed by atoms with van der Waals surface area (Å²) < 4.78 is 27.0. The molecule has 0 heterocycles. The minimum absolute atomic E-state index is 0.0265. The van der Waals surface area contributed by atoms with Crippen LogP contribution in [0.5, 0.6) is 0 Å². The van der Waals surface area contributed by atoms with Crippen LogP contribution < -0.4 is 5.32 Å². The second kappa shape index (κ2) is 9.61. The largest absolute Gasteiger partial charge is 0.337 e. The van der Waals surface area contributed by atoms with Gasteiger partial charge in [-0.2, -0.15) is 0 Å². The SMILES string of the molecule is CCN(CC)C(C)NC(=O)c1ccc([N+](=O)[O-])c(Sc2ccc(F)cc2F)c1. The van der Waals surface area contributed by atoms with E-state index in [-0.39, 0.29) is 27.2 Å². The Morgan fingerprint density at radius 3 is 2.43 bits per heavy atom. The number of rotatable bonds is 8. The van der Waals surface area contributed by atoms with E-state index in [1.807, 2.05) is 25.7 Å². The number of hydrogen-bond donors (Lipinski definition) is 1. The number of amides is 1. The van der Waals surface area contributed by atoms with Crippen LogP contribution >= 0.6 is 11.8 Å². The first-order valence-electron chi connectivity index (χ1n) is 8.73. The summed E-state index contributed by atoms with van der Waals surface area (Å²) in [5, 5.41) is 14.1. The summed E-state index contributed by atoms with van der Waals surface area (Å²) in [7, 11) is 0. The van der Waals surface area contributed by atoms with E-state index in [4.69, 9.17) is 0 Å². The van der Waals surface area contributed by atoms with Crippen LogP contribution in [0.25, 0.3) is 0 Å². The summed E-state index contributed by atoms with van der Waals surface area (Å²) in [6.45, 7) is 7.31. The molecule has 0 saturated carbocycles. The van der Waals surface area contributed by atoms with Crippen LogP contribution in [0.3, 0.4) is 0 Å². The fourth-order valence-corrected chi connectivity index (χ4v) is 3.66. The molecule has 0 bridgehead atoms. The first kappa shape index (κ1) is 21.8. The van der Waals surface area contributed by atoms with Crippen molar-refractivity contribution in [3.8, 4) is 0 Å². The topological polar surface area (TPSA) is 75.5 Å². The zero-order chi connectivity index (χ0) is 20.8. The smallest absolute Gasteiger partial charge is 0.283 e. The van der Waals surface area contributed by atoms with E-state index in [0.717, 1.165) is 30.9 Å². The first-order chi connectivity index (χ1) is 13.3. The highest BCUT2D eigenvalue weighted by molar-refractivity contribution is 7.99. The molecule has 0 fully saturated rings. The van der Waals surface area contributed by atoms with Crippen molar-refractivity contribution in [3.05, 3.63) is 63.7 Å². The molecule has 28 heavy (non-hydrogen) atoms. The van der Waals surface area contributed by atoms with Gasteiger partial charge >= 0.3 is 0 Å². The van der Waals surface area contributed by atoms with Crippen LogP contribution in [0.4, 0.5) is 14.5 Å². The summed E-state index contributed by atoms with van der Waals surface area (Å²) in [5.74, 6) is -1.96. The highest BCUT2D eigenvalue weighted by Gasteiger charge is 2.21. The summed E-state index contributed by atoms with van der Waals surface area (Å²) >= 11 is 0.770. The molecule has 0 radical (unpaired) electrons. The fraction of sp³-hybridized carbons (Fsp3) is 0.316. The van der Waals surface area contributed by atoms with Gasteiger partial charge in [-0.05, 0) is 44.3 Å². The lowest BCUT2D eigenvalue weighted by Crippen LogP contribution is -2.46. The van der Waals surface area contributed by atoms with Gasteiger partial charge < -0.3 is 5.32 Å². The number of halogens is 2. The van der Waals surface area contributed by atoms with Crippen LogP contribution in [0, 0.1) is 21.7 Å². The van der Waals surface area contributed by atoms with Crippen molar-refractivity contribution in [2.45, 2.75) is 36.7 Å². The van der Waals surface area contributed by atoms with E-state index in [1.165, 1.54) is 24.3 Å². The van der Waals surface area contributed by atoms with Gasteiger partial charge in [-0.15, -0.1) is 0 Å². The standard InChI is InChI=1S/C19H21F2N3O3S/c1-4-23(5-2)12(3)22-19(25)13-6-8-16(24(26)27)18(10-13)28-17-9-7-14(20)11-15(17)21/h6-12H,4-5H2,1-3H3,(H,22,25). The lowest BCUT2D eigenvalue weighted by Gasteiger charge is -2.27. The predicted molar refractivity (Wildman–Crippen MR) is 103 cm³/mol. The molecule has 2 aromatic rings. The van der Waals surface area contributed by atoms with E-state index in [0.29, 0.717) is 6.07 Å². The summed E-state index contributed by atoms with van der Waals surface area (Å²) in [6.07, 6.45) is -0.219. The third kappa shape index (κ3) is 5.26. The number of benzene rings is 2. The molecule has 0 aromatic heterocycles. The predicted octanol–water partition coefficient (Wildman–Crippen LogP) is 4.44. The van der Waals surface area contributed by atoms with Gasteiger partial charge in [0, 0.05) is 22.6 Å². The Hall–Kier alpha value is -2.52. The fourth-order valence-electron chi connectivity index (χ4n) is 2.70. The number of carbonyl (C=O) groups excluding carboxylic acids is 1. The van der Waals surface area contributed by atoms with Crippen molar-refractivity contribution in [1.82, 2.24) is 10.2 Å². The molecule has 1 unspecified atom stereocenters. The normalized spacial score (nSPS) is 12.1. The number of nitro groups is 1. The first-order valence-corrected chi connectivity index (χ1v) is 9.54. The monoisotopic (exact) mass is 409 g/mol. The molecule has 0 saturated heterocycles. The molecular weight excluding hydrogens is 388 g/mol. The summed E-state index contributed by atoms with van der Waals surface area (Å²) in [6, 6.07) is 6.88. The summed E-state index contributed by atoms with van der Waals surface area (Å²) in [5.41, 5.74) is -0.0447. The van der Waals surface area contributed by atoms with Gasteiger partial charge in [0.2, 0.25) is 0 Å². The third-order valence-corrected chi connectivity index (χ3v) is 5.33. The molecule has 2 aromatic carbocycles. The van der Waals surface area contributed by atoms with Crippen LogP contribution in [0.15, 0.2) is 46.2 Å². The highest BCUT2D eigenvalue weighted by Crippen LogP contribution is 2.36. The van der Waals surface area contributed by atoms with Crippen molar-refractivity contribution >= 4 is 23.4 Å². The van der Waals surface area contributed by atoms with Gasteiger partial charge in [0.15, 0.2) is 0 Å². The molecule has 0 spiro atoms.